The normalized spacial score (nSPS) is 27.7. The van der Waals surface area contributed by atoms with Crippen LogP contribution in [0.3, 0.4) is 0 Å². The van der Waals surface area contributed by atoms with Gasteiger partial charge in [0, 0.05) is 45.1 Å². The first-order chi connectivity index (χ1) is 14.0. The van der Waals surface area contributed by atoms with E-state index in [2.05, 4.69) is 44.8 Å². The quantitative estimate of drug-likeness (QED) is 0.698. The number of fused-ring (bicyclic) bond motifs is 2. The third-order valence-electron chi connectivity index (χ3n) is 6.51. The van der Waals surface area contributed by atoms with Crippen molar-refractivity contribution in [2.45, 2.75) is 43.8 Å². The molecule has 3 fully saturated rings. The lowest BCUT2D eigenvalue weighted by Gasteiger charge is -2.33. The van der Waals surface area contributed by atoms with Crippen molar-refractivity contribution < 1.29 is 9.59 Å². The summed E-state index contributed by atoms with van der Waals surface area (Å²) in [4.78, 5) is 32.7. The Morgan fingerprint density at radius 3 is 2.72 bits per heavy atom. The van der Waals surface area contributed by atoms with E-state index >= 15 is 0 Å². The van der Waals surface area contributed by atoms with E-state index in [4.69, 9.17) is 0 Å². The standard InChI is InChI=1S/C22H31N5O2/c1-23-13-18(25-22(29)21-16-5-6-17(12-16)24-21)11-15-3-7-19(8-4-15)27-10-9-26(2)20(28)14-27/h3-4,7-8,13,16-18,21,24H,5-6,9-12,14H2,1-2H3,(H,25,29). The summed E-state index contributed by atoms with van der Waals surface area (Å²) in [6.07, 6.45) is 5.99. The van der Waals surface area contributed by atoms with E-state index in [0.717, 1.165) is 37.2 Å². The number of aliphatic imine (C=N–C) groups is 1. The van der Waals surface area contributed by atoms with Gasteiger partial charge in [0.25, 0.3) is 0 Å². The summed E-state index contributed by atoms with van der Waals surface area (Å²) >= 11 is 0. The molecule has 4 atom stereocenters. The number of nitrogens with zero attached hydrogens (tertiary/aromatic N) is 3. The molecule has 2 N–H and O–H groups in total. The first-order valence-corrected chi connectivity index (χ1v) is 10.6. The summed E-state index contributed by atoms with van der Waals surface area (Å²) in [7, 11) is 3.58. The number of benzene rings is 1. The van der Waals surface area contributed by atoms with Crippen LogP contribution in [0.2, 0.25) is 0 Å². The molecule has 1 aliphatic carbocycles. The highest BCUT2D eigenvalue weighted by Gasteiger charge is 2.42. The number of hydrogen-bond acceptors (Lipinski definition) is 5. The summed E-state index contributed by atoms with van der Waals surface area (Å²) in [6, 6.07) is 8.62. The highest BCUT2D eigenvalue weighted by atomic mass is 16.2. The molecule has 4 unspecified atom stereocenters. The number of hydrogen-bond donors (Lipinski definition) is 2. The molecule has 2 bridgehead atoms. The van der Waals surface area contributed by atoms with Crippen molar-refractivity contribution in [3.05, 3.63) is 29.8 Å². The number of rotatable bonds is 6. The van der Waals surface area contributed by atoms with Crippen LogP contribution in [0.1, 0.15) is 24.8 Å². The summed E-state index contributed by atoms with van der Waals surface area (Å²) in [5.74, 6) is 0.718. The first kappa shape index (κ1) is 19.9. The number of piperidine rings is 1. The van der Waals surface area contributed by atoms with Gasteiger partial charge in [-0.3, -0.25) is 14.6 Å². The number of anilines is 1. The Bertz CT molecular complexity index is 778. The van der Waals surface area contributed by atoms with E-state index < -0.39 is 0 Å². The zero-order chi connectivity index (χ0) is 20.4. The van der Waals surface area contributed by atoms with E-state index in [1.54, 1.807) is 11.9 Å². The highest BCUT2D eigenvalue weighted by molar-refractivity contribution is 5.86. The molecule has 29 heavy (non-hydrogen) atoms. The van der Waals surface area contributed by atoms with E-state index in [1.807, 2.05) is 13.3 Å². The Kier molecular flexibility index (Phi) is 5.85. The van der Waals surface area contributed by atoms with Crippen LogP contribution in [0, 0.1) is 5.92 Å². The monoisotopic (exact) mass is 397 g/mol. The van der Waals surface area contributed by atoms with E-state index in [9.17, 15) is 9.59 Å². The van der Waals surface area contributed by atoms with Crippen LogP contribution in [0.25, 0.3) is 0 Å². The number of nitrogens with one attached hydrogen (secondary N) is 2. The predicted molar refractivity (Wildman–Crippen MR) is 114 cm³/mol. The fraction of sp³-hybridized carbons (Fsp3) is 0.591. The topological polar surface area (TPSA) is 77.0 Å². The zero-order valence-corrected chi connectivity index (χ0v) is 17.3. The van der Waals surface area contributed by atoms with Gasteiger partial charge in [-0.15, -0.1) is 0 Å². The van der Waals surface area contributed by atoms with E-state index in [-0.39, 0.29) is 23.9 Å². The minimum Gasteiger partial charge on any atom is -0.360 e. The van der Waals surface area contributed by atoms with Gasteiger partial charge in [0.2, 0.25) is 11.8 Å². The molecule has 2 saturated heterocycles. The smallest absolute Gasteiger partial charge is 0.241 e. The van der Waals surface area contributed by atoms with Gasteiger partial charge in [0.1, 0.15) is 0 Å². The number of carbonyl (C=O) groups excluding carboxylic acids is 2. The maximum atomic E-state index is 12.8. The van der Waals surface area contributed by atoms with Crippen LogP contribution < -0.4 is 15.5 Å². The minimum atomic E-state index is -0.121. The number of carbonyl (C=O) groups is 2. The molecule has 1 aromatic rings. The van der Waals surface area contributed by atoms with Crippen molar-refractivity contribution in [2.24, 2.45) is 10.9 Å². The average molecular weight is 398 g/mol. The fourth-order valence-corrected chi connectivity index (χ4v) is 4.82. The van der Waals surface area contributed by atoms with Gasteiger partial charge in [0.15, 0.2) is 0 Å². The maximum absolute atomic E-state index is 12.8. The number of piperazine rings is 1. The van der Waals surface area contributed by atoms with Crippen molar-refractivity contribution >= 4 is 23.7 Å². The third-order valence-corrected chi connectivity index (χ3v) is 6.51. The molecule has 0 aromatic heterocycles. The Labute approximate surface area is 172 Å². The molecule has 7 heteroatoms. The summed E-state index contributed by atoms with van der Waals surface area (Å²) < 4.78 is 0. The van der Waals surface area contributed by atoms with Gasteiger partial charge >= 0.3 is 0 Å². The summed E-state index contributed by atoms with van der Waals surface area (Å²) in [6.45, 7) is 2.02. The minimum absolute atomic E-state index is 0.0568. The SMILES string of the molecule is CN=CC(Cc1ccc(N2CCN(C)C(=O)C2)cc1)NC(=O)C1NC2CCC1C2. The number of amides is 2. The molecule has 0 radical (unpaired) electrons. The molecule has 1 saturated carbocycles. The maximum Gasteiger partial charge on any atom is 0.241 e. The molecular formula is C22H31N5O2. The van der Waals surface area contributed by atoms with E-state index in [1.165, 1.54) is 6.42 Å². The second-order valence-corrected chi connectivity index (χ2v) is 8.54. The molecule has 156 valence electrons. The molecule has 2 heterocycles. The third kappa shape index (κ3) is 4.45. The van der Waals surface area contributed by atoms with Gasteiger partial charge in [0.05, 0.1) is 18.6 Å². The molecule has 3 aliphatic rings. The van der Waals surface area contributed by atoms with Crippen LogP contribution in [0.15, 0.2) is 29.3 Å². The van der Waals surface area contributed by atoms with Crippen molar-refractivity contribution in [3.63, 3.8) is 0 Å². The number of likely N-dealkylation sites (N-methyl/N-ethyl adjacent to an activating group) is 1. The summed E-state index contributed by atoms with van der Waals surface area (Å²) in [5, 5.41) is 6.63. The lowest BCUT2D eigenvalue weighted by atomic mass is 9.98. The highest BCUT2D eigenvalue weighted by Crippen LogP contribution is 2.35. The predicted octanol–water partition coefficient (Wildman–Crippen LogP) is 0.833. The zero-order valence-electron chi connectivity index (χ0n) is 17.3. The molecule has 0 spiro atoms. The summed E-state index contributed by atoms with van der Waals surface area (Å²) in [5.41, 5.74) is 2.20. The lowest BCUT2D eigenvalue weighted by molar-refractivity contribution is -0.129. The van der Waals surface area contributed by atoms with Crippen molar-refractivity contribution in [3.8, 4) is 0 Å². The molecular weight excluding hydrogens is 366 g/mol. The Hall–Kier alpha value is -2.41. The molecule has 2 amide bonds. The van der Waals surface area contributed by atoms with Crippen LogP contribution in [0.4, 0.5) is 5.69 Å². The lowest BCUT2D eigenvalue weighted by Crippen LogP contribution is -2.51. The largest absolute Gasteiger partial charge is 0.360 e. The Morgan fingerprint density at radius 2 is 2.10 bits per heavy atom. The van der Waals surface area contributed by atoms with Crippen LogP contribution in [-0.2, 0) is 16.0 Å². The molecule has 2 aliphatic heterocycles. The van der Waals surface area contributed by atoms with Gasteiger partial charge in [-0.05, 0) is 49.3 Å². The van der Waals surface area contributed by atoms with Gasteiger partial charge < -0.3 is 20.4 Å². The Balaban J connectivity index is 1.36. The molecule has 1 aromatic carbocycles. The van der Waals surface area contributed by atoms with Crippen molar-refractivity contribution in [1.82, 2.24) is 15.5 Å². The fourth-order valence-electron chi connectivity index (χ4n) is 4.82. The first-order valence-electron chi connectivity index (χ1n) is 10.6. The van der Waals surface area contributed by atoms with Crippen LogP contribution >= 0.6 is 0 Å². The second kappa shape index (κ2) is 8.53. The molecule has 4 rings (SSSR count). The van der Waals surface area contributed by atoms with Crippen LogP contribution in [-0.4, -0.2) is 74.8 Å². The van der Waals surface area contributed by atoms with Crippen molar-refractivity contribution in [2.75, 3.05) is 38.6 Å². The molecule has 7 nitrogen and oxygen atoms in total. The van der Waals surface area contributed by atoms with Gasteiger partial charge in [-0.2, -0.15) is 0 Å². The van der Waals surface area contributed by atoms with Gasteiger partial charge in [-0.25, -0.2) is 0 Å². The Morgan fingerprint density at radius 1 is 1.31 bits per heavy atom. The van der Waals surface area contributed by atoms with Crippen LogP contribution in [0.5, 0.6) is 0 Å². The van der Waals surface area contributed by atoms with Gasteiger partial charge in [-0.1, -0.05) is 12.1 Å². The second-order valence-electron chi connectivity index (χ2n) is 8.54. The van der Waals surface area contributed by atoms with E-state index in [0.29, 0.717) is 24.9 Å². The van der Waals surface area contributed by atoms with Crippen molar-refractivity contribution in [1.29, 1.82) is 0 Å². The average Bonchev–Trinajstić information content (AvgIpc) is 3.34.